The van der Waals surface area contributed by atoms with Gasteiger partial charge in [-0.25, -0.2) is 4.79 Å². The lowest BCUT2D eigenvalue weighted by molar-refractivity contribution is -0.146. The third-order valence-corrected chi connectivity index (χ3v) is 9.81. The Morgan fingerprint density at radius 1 is 1.12 bits per heavy atom. The zero-order chi connectivity index (χ0) is 29.2. The van der Waals surface area contributed by atoms with E-state index in [2.05, 4.69) is 16.4 Å². The maximum Gasteiger partial charge on any atom is 0.410 e. The molecule has 1 N–H and O–H groups in total. The van der Waals surface area contributed by atoms with Crippen LogP contribution in [0.5, 0.6) is 5.75 Å². The summed E-state index contributed by atoms with van der Waals surface area (Å²) in [4.78, 5) is 62.4. The molecular formula is C30H37N5O6S. The number of hydrogen-bond acceptors (Lipinski definition) is 8. The Kier molecular flexibility index (Phi) is 8.32. The van der Waals surface area contributed by atoms with Crippen LogP contribution in [0, 0.1) is 11.8 Å². The number of nitrogens with one attached hydrogen (secondary N) is 1. The fourth-order valence-electron chi connectivity index (χ4n) is 6.90. The van der Waals surface area contributed by atoms with Crippen molar-refractivity contribution in [1.29, 1.82) is 0 Å². The molecule has 0 bridgehead atoms. The van der Waals surface area contributed by atoms with E-state index in [9.17, 15) is 19.2 Å². The van der Waals surface area contributed by atoms with E-state index in [1.807, 2.05) is 17.0 Å². The van der Waals surface area contributed by atoms with E-state index < -0.39 is 12.0 Å². The molecule has 2 saturated heterocycles. The molecule has 1 saturated carbocycles. The van der Waals surface area contributed by atoms with Crippen LogP contribution in [0.4, 0.5) is 4.79 Å². The number of likely N-dealkylation sites (tertiary alicyclic amines) is 1. The van der Waals surface area contributed by atoms with Crippen molar-refractivity contribution >= 4 is 35.2 Å². The molecule has 4 atom stereocenters. The summed E-state index contributed by atoms with van der Waals surface area (Å²) in [5.41, 5.74) is 3.63. The van der Waals surface area contributed by atoms with Crippen molar-refractivity contribution in [3.63, 3.8) is 0 Å². The predicted molar refractivity (Wildman–Crippen MR) is 154 cm³/mol. The Bertz CT molecular complexity index is 1340. The molecule has 4 amide bonds. The molecule has 1 aromatic heterocycles. The molecule has 0 spiro atoms. The molecule has 224 valence electrons. The van der Waals surface area contributed by atoms with Crippen LogP contribution in [-0.4, -0.2) is 96.0 Å². The number of thiazole rings is 1. The van der Waals surface area contributed by atoms with Crippen LogP contribution in [0.25, 0.3) is 0 Å². The molecule has 6 rings (SSSR count). The second-order valence-electron chi connectivity index (χ2n) is 11.4. The number of ether oxygens (including phenoxy) is 2. The molecule has 1 unspecified atom stereocenters. The highest BCUT2D eigenvalue weighted by molar-refractivity contribution is 7.11. The molecule has 3 aliphatic heterocycles. The van der Waals surface area contributed by atoms with E-state index in [0.717, 1.165) is 24.0 Å². The number of fused-ring (bicyclic) bond motifs is 1. The summed E-state index contributed by atoms with van der Waals surface area (Å²) in [6.45, 7) is 2.61. The van der Waals surface area contributed by atoms with Crippen LogP contribution in [0.3, 0.4) is 0 Å². The number of carbonyl (C=O) groups is 4. The molecule has 11 nitrogen and oxygen atoms in total. The van der Waals surface area contributed by atoms with Gasteiger partial charge in [0.05, 0.1) is 30.8 Å². The predicted octanol–water partition coefficient (Wildman–Crippen LogP) is 2.87. The minimum atomic E-state index is -0.438. The average molecular weight is 596 g/mol. The van der Waals surface area contributed by atoms with E-state index in [-0.39, 0.29) is 42.4 Å². The van der Waals surface area contributed by atoms with Crippen LogP contribution in [0.15, 0.2) is 29.9 Å². The summed E-state index contributed by atoms with van der Waals surface area (Å²) in [5.74, 6) is -0.258. The molecule has 3 fully saturated rings. The van der Waals surface area contributed by atoms with E-state index in [0.29, 0.717) is 69.1 Å². The standard InChI is InChI=1S/C30H37N5O6S/c1-31-27(36)21-6-2-3-7-22(21)28(37)35-12-9-19-5-4-8-24(26(19)23(35)17-34-13-14-40-30(34)39)41-20-10-11-33(16-20)29(38)25-15-32-18-42-25/h4-5,8,15,18,20-23H,2-3,6-7,9-14,16-17H2,1H3,(H,31,36)/t20-,21-,22+,23?/m0/s1. The van der Waals surface area contributed by atoms with E-state index >= 15 is 0 Å². The van der Waals surface area contributed by atoms with Gasteiger partial charge in [0.25, 0.3) is 5.91 Å². The van der Waals surface area contributed by atoms with Gasteiger partial charge in [-0.15, -0.1) is 11.3 Å². The highest BCUT2D eigenvalue weighted by Crippen LogP contribution is 2.41. The fraction of sp³-hybridized carbons (Fsp3) is 0.567. The fourth-order valence-corrected chi connectivity index (χ4v) is 7.49. The van der Waals surface area contributed by atoms with E-state index in [1.165, 1.54) is 11.3 Å². The van der Waals surface area contributed by atoms with Crippen molar-refractivity contribution in [3.8, 4) is 5.75 Å². The van der Waals surface area contributed by atoms with Crippen molar-refractivity contribution in [2.45, 2.75) is 50.7 Å². The van der Waals surface area contributed by atoms with Gasteiger partial charge < -0.3 is 29.5 Å². The zero-order valence-corrected chi connectivity index (χ0v) is 24.6. The molecule has 2 aromatic rings. The first kappa shape index (κ1) is 28.4. The highest BCUT2D eigenvalue weighted by atomic mass is 32.1. The zero-order valence-electron chi connectivity index (χ0n) is 23.8. The number of amides is 4. The first-order valence-corrected chi connectivity index (χ1v) is 15.7. The van der Waals surface area contributed by atoms with Gasteiger partial charge in [0.15, 0.2) is 0 Å². The third kappa shape index (κ3) is 5.56. The van der Waals surface area contributed by atoms with Crippen LogP contribution in [0.2, 0.25) is 0 Å². The molecule has 1 aliphatic carbocycles. The SMILES string of the molecule is CNC(=O)[C@H]1CCCC[C@H]1C(=O)N1CCc2cccc(O[C@H]3CCN(C(=O)c4cncs4)C3)c2C1CN1CCOC1=O. The van der Waals surface area contributed by atoms with Crippen molar-refractivity contribution < 1.29 is 28.7 Å². The van der Waals surface area contributed by atoms with Gasteiger partial charge in [-0.05, 0) is 30.9 Å². The number of aromatic nitrogens is 1. The Morgan fingerprint density at radius 2 is 1.95 bits per heavy atom. The second-order valence-corrected chi connectivity index (χ2v) is 12.3. The van der Waals surface area contributed by atoms with E-state index in [1.54, 1.807) is 28.6 Å². The average Bonchev–Trinajstić information content (AvgIpc) is 3.80. The maximum atomic E-state index is 14.3. The lowest BCUT2D eigenvalue weighted by Crippen LogP contribution is -2.50. The van der Waals surface area contributed by atoms with Crippen LogP contribution < -0.4 is 10.1 Å². The largest absolute Gasteiger partial charge is 0.488 e. The minimum absolute atomic E-state index is 0.0384. The molecule has 42 heavy (non-hydrogen) atoms. The van der Waals surface area contributed by atoms with Crippen molar-refractivity contribution in [2.75, 3.05) is 46.4 Å². The first-order valence-electron chi connectivity index (χ1n) is 14.8. The van der Waals surface area contributed by atoms with Crippen molar-refractivity contribution in [3.05, 3.63) is 45.9 Å². The van der Waals surface area contributed by atoms with E-state index in [4.69, 9.17) is 9.47 Å². The maximum absolute atomic E-state index is 14.3. The number of rotatable bonds is 7. The number of carbonyl (C=O) groups excluding carboxylic acids is 4. The molecular weight excluding hydrogens is 558 g/mol. The third-order valence-electron chi connectivity index (χ3n) is 9.04. The lowest BCUT2D eigenvalue weighted by Gasteiger charge is -2.42. The number of cyclic esters (lactones) is 1. The Labute approximate surface area is 249 Å². The van der Waals surface area contributed by atoms with Gasteiger partial charge in [0.2, 0.25) is 11.8 Å². The lowest BCUT2D eigenvalue weighted by atomic mass is 9.77. The normalized spacial score (nSPS) is 25.6. The molecule has 0 radical (unpaired) electrons. The Hall–Kier alpha value is -3.67. The molecule has 1 aromatic carbocycles. The van der Waals surface area contributed by atoms with Gasteiger partial charge in [-0.1, -0.05) is 25.0 Å². The van der Waals surface area contributed by atoms with Gasteiger partial charge in [0.1, 0.15) is 23.3 Å². The summed E-state index contributed by atoms with van der Waals surface area (Å²) in [5, 5.41) is 2.75. The number of benzene rings is 1. The highest BCUT2D eigenvalue weighted by Gasteiger charge is 2.43. The Balaban J connectivity index is 1.28. The van der Waals surface area contributed by atoms with Gasteiger partial charge in [0, 0.05) is 50.5 Å². The van der Waals surface area contributed by atoms with Gasteiger partial charge in [-0.3, -0.25) is 19.4 Å². The smallest absolute Gasteiger partial charge is 0.410 e. The van der Waals surface area contributed by atoms with Gasteiger partial charge in [-0.2, -0.15) is 0 Å². The summed E-state index contributed by atoms with van der Waals surface area (Å²) < 4.78 is 11.8. The summed E-state index contributed by atoms with van der Waals surface area (Å²) in [6, 6.07) is 5.50. The Morgan fingerprint density at radius 3 is 2.69 bits per heavy atom. The number of nitrogens with zero attached hydrogens (tertiary/aromatic N) is 4. The van der Waals surface area contributed by atoms with Crippen molar-refractivity contribution in [1.82, 2.24) is 25.0 Å². The summed E-state index contributed by atoms with van der Waals surface area (Å²) in [7, 11) is 1.62. The summed E-state index contributed by atoms with van der Waals surface area (Å²) >= 11 is 1.33. The first-order chi connectivity index (χ1) is 20.4. The van der Waals surface area contributed by atoms with Crippen LogP contribution in [-0.2, 0) is 20.7 Å². The monoisotopic (exact) mass is 595 g/mol. The topological polar surface area (TPSA) is 121 Å². The molecule has 4 aliphatic rings. The summed E-state index contributed by atoms with van der Waals surface area (Å²) in [6.07, 6.45) is 5.54. The minimum Gasteiger partial charge on any atom is -0.488 e. The van der Waals surface area contributed by atoms with Crippen LogP contribution >= 0.6 is 11.3 Å². The molecule has 12 heteroatoms. The van der Waals surface area contributed by atoms with Gasteiger partial charge >= 0.3 is 6.09 Å². The van der Waals surface area contributed by atoms with Crippen molar-refractivity contribution in [2.24, 2.45) is 11.8 Å². The quantitative estimate of drug-likeness (QED) is 0.523. The second kappa shape index (κ2) is 12.3. The number of hydrogen-bond donors (Lipinski definition) is 1. The molecule has 4 heterocycles. The van der Waals surface area contributed by atoms with Crippen LogP contribution in [0.1, 0.15) is 58.9 Å².